The van der Waals surface area contributed by atoms with Gasteiger partial charge in [-0.3, -0.25) is 9.59 Å². The number of hydrogen-bond donors (Lipinski definition) is 2. The molecule has 8 nitrogen and oxygen atoms in total. The van der Waals surface area contributed by atoms with Gasteiger partial charge in [-0.05, 0) is 70.7 Å². The van der Waals surface area contributed by atoms with Gasteiger partial charge in [0.1, 0.15) is 17.1 Å². The van der Waals surface area contributed by atoms with Crippen LogP contribution < -0.4 is 11.2 Å². The van der Waals surface area contributed by atoms with E-state index in [1.165, 1.54) is 6.07 Å². The first-order valence-electron chi connectivity index (χ1n) is 13.2. The number of halogens is 1. The number of fused-ring (bicyclic) bond motifs is 3. The van der Waals surface area contributed by atoms with Crippen LogP contribution in [0.25, 0.3) is 21.8 Å². The number of ether oxygens (including phenoxy) is 1. The van der Waals surface area contributed by atoms with Gasteiger partial charge in [-0.1, -0.05) is 6.07 Å². The van der Waals surface area contributed by atoms with Gasteiger partial charge in [0.15, 0.2) is 0 Å². The van der Waals surface area contributed by atoms with Gasteiger partial charge in [-0.2, -0.15) is 0 Å². The number of nitrogens with one attached hydrogen (secondary N) is 1. The molecule has 2 amide bonds. The van der Waals surface area contributed by atoms with E-state index in [9.17, 15) is 9.59 Å². The van der Waals surface area contributed by atoms with Crippen LogP contribution in [0.3, 0.4) is 0 Å². The zero-order chi connectivity index (χ0) is 26.9. The van der Waals surface area contributed by atoms with E-state index in [2.05, 4.69) is 5.48 Å². The average molecular weight is 521 g/mol. The number of carbonyl (C=O) groups is 2. The highest BCUT2D eigenvalue weighted by Gasteiger charge is 2.37. The standard InChI is InChI=1S/C29H33FN4O4/c1-15-11-29(4,32-38-15)22-10-21(27(31)35)26-24(25(22)30)20-8-7-19(9-23(20)34(26)14-18-5-6-18)28(36)33-12-16(2)37-17(3)13-33/h7-11,16-18,32H,5-6,12-14H2,1-4H3,(H2,31,35)/t16-,17+,29?. The summed E-state index contributed by atoms with van der Waals surface area (Å²) in [5.74, 6) is -0.117. The number of carbonyl (C=O) groups excluding carboxylic acids is 2. The summed E-state index contributed by atoms with van der Waals surface area (Å²) >= 11 is 0. The molecule has 1 unspecified atom stereocenters. The summed E-state index contributed by atoms with van der Waals surface area (Å²) in [6, 6.07) is 6.91. The van der Waals surface area contributed by atoms with E-state index in [0.29, 0.717) is 53.2 Å². The van der Waals surface area contributed by atoms with E-state index in [0.717, 1.165) is 18.4 Å². The zero-order valence-corrected chi connectivity index (χ0v) is 22.1. The van der Waals surface area contributed by atoms with Crippen LogP contribution >= 0.6 is 0 Å². The number of aromatic nitrogens is 1. The molecular formula is C29H33FN4O4. The van der Waals surface area contributed by atoms with Crippen molar-refractivity contribution in [2.45, 2.75) is 64.8 Å². The fourth-order valence-corrected chi connectivity index (χ4v) is 6.02. The van der Waals surface area contributed by atoms with Gasteiger partial charge in [0, 0.05) is 41.5 Å². The Balaban J connectivity index is 1.58. The minimum absolute atomic E-state index is 0.0504. The van der Waals surface area contributed by atoms with Crippen molar-refractivity contribution < 1.29 is 23.6 Å². The molecule has 3 atom stereocenters. The second-order valence-corrected chi connectivity index (χ2v) is 11.3. The molecule has 1 saturated heterocycles. The molecule has 1 saturated carbocycles. The van der Waals surface area contributed by atoms with Gasteiger partial charge in [0.2, 0.25) is 0 Å². The number of amides is 2. The predicted octanol–water partition coefficient (Wildman–Crippen LogP) is 4.35. The first-order valence-corrected chi connectivity index (χ1v) is 13.2. The molecule has 2 aliphatic heterocycles. The fraction of sp³-hybridized carbons (Fsp3) is 0.448. The maximum absolute atomic E-state index is 16.5. The number of nitrogens with two attached hydrogens (primary N) is 1. The Morgan fingerprint density at radius 2 is 1.89 bits per heavy atom. The maximum Gasteiger partial charge on any atom is 0.254 e. The van der Waals surface area contributed by atoms with Crippen LogP contribution in [0.5, 0.6) is 0 Å². The van der Waals surface area contributed by atoms with Crippen molar-refractivity contribution in [1.29, 1.82) is 0 Å². The Kier molecular flexibility index (Phi) is 5.77. The molecule has 1 aromatic heterocycles. The van der Waals surface area contributed by atoms with E-state index in [4.69, 9.17) is 15.3 Å². The third-order valence-electron chi connectivity index (χ3n) is 7.90. The monoisotopic (exact) mass is 520 g/mol. The first-order chi connectivity index (χ1) is 18.1. The smallest absolute Gasteiger partial charge is 0.254 e. The van der Waals surface area contributed by atoms with E-state index in [1.54, 1.807) is 32.1 Å². The molecule has 3 N–H and O–H groups in total. The Morgan fingerprint density at radius 3 is 2.50 bits per heavy atom. The van der Waals surface area contributed by atoms with Crippen LogP contribution in [-0.4, -0.2) is 46.6 Å². The fourth-order valence-electron chi connectivity index (χ4n) is 6.02. The average Bonchev–Trinajstić information content (AvgIpc) is 3.53. The highest BCUT2D eigenvalue weighted by Crippen LogP contribution is 2.42. The number of primary amides is 1. The summed E-state index contributed by atoms with van der Waals surface area (Å²) in [5.41, 5.74) is 10.0. The molecule has 200 valence electrons. The van der Waals surface area contributed by atoms with Crippen molar-refractivity contribution >= 4 is 33.6 Å². The molecule has 9 heteroatoms. The SMILES string of the molecule is CC1=CC(C)(c2cc(C(N)=O)c3c(c2F)c2ccc(C(=O)N4C[C@@H](C)O[C@@H](C)C4)cc2n3CC2CC2)NO1. The summed E-state index contributed by atoms with van der Waals surface area (Å²) in [7, 11) is 0. The molecule has 0 bridgehead atoms. The predicted molar refractivity (Wildman–Crippen MR) is 142 cm³/mol. The van der Waals surface area contributed by atoms with Crippen LogP contribution in [0.2, 0.25) is 0 Å². The van der Waals surface area contributed by atoms with Crippen LogP contribution in [0.15, 0.2) is 36.1 Å². The molecule has 3 aliphatic rings. The summed E-state index contributed by atoms with van der Waals surface area (Å²) in [5, 5.41) is 0.978. The van der Waals surface area contributed by atoms with Crippen molar-refractivity contribution in [3.8, 4) is 0 Å². The number of hydrogen-bond acceptors (Lipinski definition) is 5. The summed E-state index contributed by atoms with van der Waals surface area (Å²) in [6.07, 6.45) is 3.82. The number of allylic oxidation sites excluding steroid dienone is 1. The molecule has 0 radical (unpaired) electrons. The number of nitrogens with zero attached hydrogens (tertiary/aromatic N) is 2. The van der Waals surface area contributed by atoms with Gasteiger partial charge in [-0.15, -0.1) is 5.48 Å². The highest BCUT2D eigenvalue weighted by molar-refractivity contribution is 6.17. The number of benzene rings is 2. The lowest BCUT2D eigenvalue weighted by atomic mass is 9.88. The second kappa shape index (κ2) is 8.81. The lowest BCUT2D eigenvalue weighted by Gasteiger charge is -2.35. The Morgan fingerprint density at radius 1 is 1.18 bits per heavy atom. The Hall–Kier alpha value is -3.43. The number of hydroxylamine groups is 1. The third-order valence-corrected chi connectivity index (χ3v) is 7.90. The lowest BCUT2D eigenvalue weighted by Crippen LogP contribution is -2.48. The topological polar surface area (TPSA) is 98.8 Å². The minimum Gasteiger partial charge on any atom is -0.413 e. The van der Waals surface area contributed by atoms with Gasteiger partial charge >= 0.3 is 0 Å². The summed E-state index contributed by atoms with van der Waals surface area (Å²) < 4.78 is 24.3. The third kappa shape index (κ3) is 4.05. The Labute approximate surface area is 220 Å². The van der Waals surface area contributed by atoms with Gasteiger partial charge in [0.25, 0.3) is 11.8 Å². The molecule has 2 fully saturated rings. The highest BCUT2D eigenvalue weighted by atomic mass is 19.1. The minimum atomic E-state index is -0.975. The van der Waals surface area contributed by atoms with Crippen LogP contribution in [0.1, 0.15) is 66.8 Å². The maximum atomic E-state index is 16.5. The molecule has 38 heavy (non-hydrogen) atoms. The van der Waals surface area contributed by atoms with Crippen LogP contribution in [0.4, 0.5) is 4.39 Å². The van der Waals surface area contributed by atoms with Gasteiger partial charge in [0.05, 0.1) is 28.8 Å². The van der Waals surface area contributed by atoms with Crippen LogP contribution in [0, 0.1) is 11.7 Å². The number of morpholine rings is 1. The first kappa shape index (κ1) is 24.9. The van der Waals surface area contributed by atoms with Crippen molar-refractivity contribution in [2.24, 2.45) is 11.7 Å². The lowest BCUT2D eigenvalue weighted by molar-refractivity contribution is -0.0586. The molecule has 3 aromatic rings. The normalized spacial score (nSPS) is 25.6. The molecule has 2 aromatic carbocycles. The molecule has 6 rings (SSSR count). The van der Waals surface area contributed by atoms with Gasteiger partial charge < -0.3 is 24.8 Å². The van der Waals surface area contributed by atoms with Crippen molar-refractivity contribution in [1.82, 2.24) is 14.9 Å². The van der Waals surface area contributed by atoms with Crippen LogP contribution in [-0.2, 0) is 21.7 Å². The molecule has 3 heterocycles. The van der Waals surface area contributed by atoms with E-state index >= 15 is 4.39 Å². The van der Waals surface area contributed by atoms with Gasteiger partial charge in [-0.25, -0.2) is 4.39 Å². The largest absolute Gasteiger partial charge is 0.413 e. The summed E-state index contributed by atoms with van der Waals surface area (Å²) in [4.78, 5) is 33.5. The van der Waals surface area contributed by atoms with Crippen molar-refractivity contribution in [2.75, 3.05) is 13.1 Å². The van der Waals surface area contributed by atoms with Crippen molar-refractivity contribution in [3.63, 3.8) is 0 Å². The van der Waals surface area contributed by atoms with Crippen molar-refractivity contribution in [3.05, 3.63) is 58.6 Å². The molecule has 0 spiro atoms. The van der Waals surface area contributed by atoms with E-state index in [-0.39, 0.29) is 29.2 Å². The quantitative estimate of drug-likeness (QED) is 0.521. The second-order valence-electron chi connectivity index (χ2n) is 11.3. The summed E-state index contributed by atoms with van der Waals surface area (Å²) in [6.45, 7) is 9.13. The molecular weight excluding hydrogens is 487 g/mol. The zero-order valence-electron chi connectivity index (χ0n) is 22.1. The number of rotatable bonds is 5. The van der Waals surface area contributed by atoms with E-state index < -0.39 is 17.3 Å². The van der Waals surface area contributed by atoms with E-state index in [1.807, 2.05) is 29.4 Å². The Bertz CT molecular complexity index is 1510. The molecule has 1 aliphatic carbocycles.